The molecule has 0 spiro atoms. The summed E-state index contributed by atoms with van der Waals surface area (Å²) < 4.78 is 16.7. The highest BCUT2D eigenvalue weighted by molar-refractivity contribution is 6.09. The van der Waals surface area contributed by atoms with E-state index in [1.54, 1.807) is 14.2 Å². The summed E-state index contributed by atoms with van der Waals surface area (Å²) in [7, 11) is 5.23. The van der Waals surface area contributed by atoms with E-state index in [4.69, 9.17) is 25.6 Å². The van der Waals surface area contributed by atoms with Crippen molar-refractivity contribution in [2.45, 2.75) is 53.7 Å². The topological polar surface area (TPSA) is 75.6 Å². The Kier molecular flexibility index (Phi) is 12.4. The zero-order valence-corrected chi connectivity index (χ0v) is 23.5. The number of nitrogens with zero attached hydrogens (tertiary/aromatic N) is 3. The summed E-state index contributed by atoms with van der Waals surface area (Å²) in [5.41, 5.74) is 5.37. The number of hydrogen-bond donors (Lipinski definition) is 1. The maximum absolute atomic E-state index is 13.3. The van der Waals surface area contributed by atoms with E-state index in [1.165, 1.54) is 0 Å². The molecular weight excluding hydrogens is 516 g/mol. The second kappa shape index (κ2) is 15.3. The molecule has 1 aromatic rings. The number of carbonyl (C=O) groups excluding carboxylic acids is 1. The third-order valence-corrected chi connectivity index (χ3v) is 7.04. The van der Waals surface area contributed by atoms with E-state index in [-0.39, 0.29) is 28.2 Å². The van der Waals surface area contributed by atoms with Crippen LogP contribution in [-0.2, 0) is 19.0 Å². The molecule has 0 radical (unpaired) electrons. The lowest BCUT2D eigenvalue weighted by Gasteiger charge is -2.26. The molecule has 1 N–H and O–H groups in total. The predicted molar refractivity (Wildman–Crippen MR) is 171 cm³/mol. The summed E-state index contributed by atoms with van der Waals surface area (Å²) >= 11 is 0. The Bertz CT molecular complexity index is 1290. The van der Waals surface area contributed by atoms with Gasteiger partial charge in [0.25, 0.3) is 5.91 Å². The van der Waals surface area contributed by atoms with Gasteiger partial charge in [-0.2, -0.15) is 0 Å². The Morgan fingerprint density at radius 2 is 2.02 bits per heavy atom. The molecule has 1 saturated heterocycles. The van der Waals surface area contributed by atoms with Crippen molar-refractivity contribution in [2.24, 2.45) is 4.99 Å². The summed E-state index contributed by atoms with van der Waals surface area (Å²) in [6, 6.07) is 6.03. The number of amides is 1. The van der Waals surface area contributed by atoms with E-state index >= 15 is 0 Å². The summed E-state index contributed by atoms with van der Waals surface area (Å²) in [5.74, 6) is 4.25. The minimum absolute atomic E-state index is 0. The highest BCUT2D eigenvalue weighted by Crippen LogP contribution is 2.32. The van der Waals surface area contributed by atoms with Gasteiger partial charge in [-0.25, -0.2) is 4.99 Å². The van der Waals surface area contributed by atoms with Crippen LogP contribution in [0.3, 0.4) is 0 Å². The second-order valence-corrected chi connectivity index (χ2v) is 9.88. The lowest BCUT2D eigenvalue weighted by Crippen LogP contribution is -2.38. The van der Waals surface area contributed by atoms with Crippen molar-refractivity contribution in [1.29, 1.82) is 0 Å². The van der Waals surface area contributed by atoms with Gasteiger partial charge in [0.05, 0.1) is 20.3 Å². The van der Waals surface area contributed by atoms with Crippen molar-refractivity contribution in [3.63, 3.8) is 0 Å². The van der Waals surface area contributed by atoms with Gasteiger partial charge in [-0.05, 0) is 50.1 Å². The van der Waals surface area contributed by atoms with Crippen molar-refractivity contribution in [2.75, 3.05) is 52.9 Å². The first-order valence-electron chi connectivity index (χ1n) is 13.3. The highest BCUT2D eigenvalue weighted by Gasteiger charge is 2.39. The third-order valence-electron chi connectivity index (χ3n) is 7.04. The van der Waals surface area contributed by atoms with Crippen molar-refractivity contribution in [3.8, 4) is 12.3 Å². The van der Waals surface area contributed by atoms with Crippen LogP contribution in [0.5, 0.6) is 0 Å². The number of rotatable bonds is 6. The smallest absolute Gasteiger partial charge is 0.252 e. The zero-order chi connectivity index (χ0) is 27.9. The number of methoxy groups -OCH3 is 2. The minimum atomic E-state index is -0.471. The molecule has 0 aliphatic carbocycles. The number of benzene rings is 1. The fourth-order valence-electron chi connectivity index (χ4n) is 5.22. The van der Waals surface area contributed by atoms with Crippen molar-refractivity contribution < 1.29 is 20.4 Å². The van der Waals surface area contributed by atoms with Gasteiger partial charge in [0.15, 0.2) is 5.76 Å². The summed E-state index contributed by atoms with van der Waals surface area (Å²) in [6.45, 7) is 6.02. The Balaban J connectivity index is 0.00000294. The monoisotopic (exact) mass is 564 g/mol. The van der Waals surface area contributed by atoms with Gasteiger partial charge in [0, 0.05) is 64.2 Å². The molecule has 4 bridgehead atoms. The van der Waals surface area contributed by atoms with Crippen LogP contribution in [0.1, 0.15) is 54.1 Å². The van der Waals surface area contributed by atoms with Gasteiger partial charge in [0.2, 0.25) is 0 Å². The number of carbonyl (C=O) groups is 1. The fourth-order valence-corrected chi connectivity index (χ4v) is 5.22. The van der Waals surface area contributed by atoms with Gasteiger partial charge in [-0.15, -0.1) is 6.42 Å². The van der Waals surface area contributed by atoms with E-state index in [0.717, 1.165) is 39.5 Å². The van der Waals surface area contributed by atoms with Gasteiger partial charge >= 0.3 is 0 Å². The van der Waals surface area contributed by atoms with Gasteiger partial charge in [-0.1, -0.05) is 38.5 Å². The van der Waals surface area contributed by atoms with Gasteiger partial charge in [-0.3, -0.25) is 4.79 Å². The first kappa shape index (κ1) is 33.4. The molecule has 0 saturated carbocycles. The molecular formula is C33H48N4O4. The number of terminal acetylenes is 1. The molecule has 0 aromatic heterocycles. The molecule has 1 aromatic carbocycles. The van der Waals surface area contributed by atoms with E-state index < -0.39 is 6.10 Å². The first-order chi connectivity index (χ1) is 18.9. The van der Waals surface area contributed by atoms with Crippen LogP contribution in [-0.4, -0.2) is 81.1 Å². The number of fused-ring (bicyclic) bond motifs is 4. The molecule has 8 heteroatoms. The number of anilines is 1. The average Bonchev–Trinajstić information content (AvgIpc) is 3.21. The zero-order valence-electron chi connectivity index (χ0n) is 23.5. The number of nitrogens with one attached hydrogen (secondary N) is 1. The average molecular weight is 565 g/mol. The van der Waals surface area contributed by atoms with E-state index in [0.29, 0.717) is 44.9 Å². The number of ether oxygens (including phenoxy) is 3. The Hall–Kier alpha value is -3.80. The standard InChI is InChI=1S/C31H38N4O4.2CH4.H2/c1-7-9-26-23-16-22(8-2)17-24(18-23)32-10-11-35-25(19-28(31(35)36)39-13-12-37-5)14-21(3)15-27-29(38-6)20-34(4)30(26)33-27;;;/h2,7,9,15-18,20,25,28,32H,10-14,19H2,1,3-6H3;2*1H4;1H/b9-7?,21-15-,30-26+;;;/t25?,28-;;;/m1.../s1. The SMILES string of the molecule is C.C.C#Cc1cc2cc(c1)/C(C=CC)=C1N=C(/C=C(/C)CC3C[C@@H](OCCOC)C(=O)N3CCN2)C(OC)=CN\1C.[HH]. The Morgan fingerprint density at radius 3 is 2.71 bits per heavy atom. The molecule has 2 atom stereocenters. The van der Waals surface area contributed by atoms with Crippen LogP contribution in [0, 0.1) is 12.3 Å². The van der Waals surface area contributed by atoms with E-state index in [9.17, 15) is 4.79 Å². The minimum Gasteiger partial charge on any atom is -0.493 e. The molecule has 3 aliphatic rings. The molecule has 3 heterocycles. The molecule has 1 amide bonds. The molecule has 1 fully saturated rings. The molecule has 4 rings (SSSR count). The van der Waals surface area contributed by atoms with Crippen LogP contribution in [0.4, 0.5) is 5.69 Å². The van der Waals surface area contributed by atoms with E-state index in [1.807, 2.05) is 54.3 Å². The lowest BCUT2D eigenvalue weighted by atomic mass is 10.00. The Morgan fingerprint density at radius 1 is 1.24 bits per heavy atom. The van der Waals surface area contributed by atoms with Crippen LogP contribution < -0.4 is 5.32 Å². The van der Waals surface area contributed by atoms with Crippen molar-refractivity contribution >= 4 is 22.9 Å². The van der Waals surface area contributed by atoms with Crippen molar-refractivity contribution in [3.05, 3.63) is 70.9 Å². The number of hydrogen-bond acceptors (Lipinski definition) is 7. The fraction of sp³-hybridized carbons (Fsp3) is 0.455. The van der Waals surface area contributed by atoms with Gasteiger partial charge < -0.3 is 29.3 Å². The number of aliphatic imine (C=N–C) groups is 1. The predicted octanol–water partition coefficient (Wildman–Crippen LogP) is 5.70. The van der Waals surface area contributed by atoms with Gasteiger partial charge in [0.1, 0.15) is 17.6 Å². The maximum atomic E-state index is 13.3. The highest BCUT2D eigenvalue weighted by atomic mass is 16.5. The number of allylic oxidation sites excluding steroid dienone is 4. The van der Waals surface area contributed by atoms with Crippen molar-refractivity contribution in [1.82, 2.24) is 9.80 Å². The molecule has 41 heavy (non-hydrogen) atoms. The van der Waals surface area contributed by atoms with Crippen LogP contribution in [0.25, 0.3) is 5.57 Å². The lowest BCUT2D eigenvalue weighted by molar-refractivity contribution is -0.138. The quantitative estimate of drug-likeness (QED) is 0.353. The maximum Gasteiger partial charge on any atom is 0.252 e. The third kappa shape index (κ3) is 7.69. The molecule has 8 nitrogen and oxygen atoms in total. The molecule has 224 valence electrons. The van der Waals surface area contributed by atoms with Crippen LogP contribution in [0.15, 0.2) is 64.8 Å². The Labute approximate surface area is 247 Å². The van der Waals surface area contributed by atoms with Crippen LogP contribution >= 0.6 is 0 Å². The van der Waals surface area contributed by atoms with Crippen LogP contribution in [0.2, 0.25) is 0 Å². The molecule has 3 aliphatic heterocycles. The molecule has 1 unspecified atom stereocenters. The van der Waals surface area contributed by atoms with E-state index in [2.05, 4.69) is 30.3 Å². The largest absolute Gasteiger partial charge is 0.493 e. The second-order valence-electron chi connectivity index (χ2n) is 9.88. The normalized spacial score (nSPS) is 23.8. The summed E-state index contributed by atoms with van der Waals surface area (Å²) in [5, 5.41) is 3.49. The summed E-state index contributed by atoms with van der Waals surface area (Å²) in [4.78, 5) is 22.3. The first-order valence-corrected chi connectivity index (χ1v) is 13.3. The summed E-state index contributed by atoms with van der Waals surface area (Å²) in [6.07, 6.45) is 14.7.